The lowest BCUT2D eigenvalue weighted by Gasteiger charge is -2.32. The van der Waals surface area contributed by atoms with Crippen molar-refractivity contribution in [3.8, 4) is 0 Å². The first-order valence-corrected chi connectivity index (χ1v) is 6.66. The highest BCUT2D eigenvalue weighted by atomic mass is 16.7. The van der Waals surface area contributed by atoms with Crippen LogP contribution < -0.4 is 5.46 Å². The van der Waals surface area contributed by atoms with Crippen LogP contribution in [0.3, 0.4) is 0 Å². The monoisotopic (exact) mass is 247 g/mol. The average molecular weight is 247 g/mol. The van der Waals surface area contributed by atoms with E-state index < -0.39 is 0 Å². The molecule has 0 spiro atoms. The van der Waals surface area contributed by atoms with Crippen LogP contribution in [-0.4, -0.2) is 23.3 Å². The Labute approximate surface area is 110 Å². The van der Waals surface area contributed by atoms with E-state index in [4.69, 9.17) is 9.31 Å². The second kappa shape index (κ2) is 4.67. The molecule has 1 saturated heterocycles. The first kappa shape index (κ1) is 13.6. The van der Waals surface area contributed by atoms with Crippen molar-refractivity contribution in [3.63, 3.8) is 0 Å². The molecule has 0 bridgehead atoms. The van der Waals surface area contributed by atoms with Gasteiger partial charge in [-0.2, -0.15) is 0 Å². The number of hydrogen-bond acceptors (Lipinski definition) is 3. The van der Waals surface area contributed by atoms with Crippen LogP contribution in [0.2, 0.25) is 0 Å². The summed E-state index contributed by atoms with van der Waals surface area (Å²) in [7, 11) is -0.284. The van der Waals surface area contributed by atoms with E-state index in [9.17, 15) is 0 Å². The van der Waals surface area contributed by atoms with Gasteiger partial charge in [0.15, 0.2) is 0 Å². The Hall–Kier alpha value is -0.865. The van der Waals surface area contributed by atoms with E-state index in [1.807, 2.05) is 12.3 Å². The number of pyridine rings is 1. The minimum absolute atomic E-state index is 0.284. The molecular formula is C14H22BNO2. The van der Waals surface area contributed by atoms with Gasteiger partial charge in [0.1, 0.15) is 0 Å². The van der Waals surface area contributed by atoms with Gasteiger partial charge in [-0.25, -0.2) is 0 Å². The van der Waals surface area contributed by atoms with Crippen LogP contribution in [0.1, 0.15) is 46.7 Å². The van der Waals surface area contributed by atoms with Crippen molar-refractivity contribution < 1.29 is 9.31 Å². The summed E-state index contributed by atoms with van der Waals surface area (Å²) in [5.41, 5.74) is 1.59. The van der Waals surface area contributed by atoms with Gasteiger partial charge in [-0.3, -0.25) is 4.98 Å². The van der Waals surface area contributed by atoms with Gasteiger partial charge >= 0.3 is 7.12 Å². The van der Waals surface area contributed by atoms with Gasteiger partial charge < -0.3 is 9.31 Å². The Balaban J connectivity index is 2.21. The van der Waals surface area contributed by atoms with Crippen LogP contribution in [-0.2, 0) is 15.7 Å². The van der Waals surface area contributed by atoms with Crippen molar-refractivity contribution in [3.05, 3.63) is 24.0 Å². The van der Waals surface area contributed by atoms with Crippen LogP contribution in [0.15, 0.2) is 18.3 Å². The molecule has 4 heteroatoms. The number of rotatable bonds is 3. The second-order valence-corrected chi connectivity index (χ2v) is 5.92. The third-order valence-corrected chi connectivity index (χ3v) is 3.87. The first-order chi connectivity index (χ1) is 8.36. The third-order valence-electron chi connectivity index (χ3n) is 3.87. The van der Waals surface area contributed by atoms with Crippen molar-refractivity contribution in [2.45, 2.75) is 58.7 Å². The van der Waals surface area contributed by atoms with Crippen LogP contribution in [0, 0.1) is 0 Å². The molecule has 2 heterocycles. The van der Waals surface area contributed by atoms with Crippen LogP contribution in [0.4, 0.5) is 0 Å². The lowest BCUT2D eigenvalue weighted by molar-refractivity contribution is 0.00578. The summed E-state index contributed by atoms with van der Waals surface area (Å²) >= 11 is 0. The normalized spacial score (nSPS) is 21.3. The van der Waals surface area contributed by atoms with Gasteiger partial charge in [-0.15, -0.1) is 0 Å². The van der Waals surface area contributed by atoms with E-state index in [1.54, 1.807) is 0 Å². The second-order valence-electron chi connectivity index (χ2n) is 5.92. The predicted molar refractivity (Wildman–Crippen MR) is 73.9 cm³/mol. The zero-order valence-corrected chi connectivity index (χ0v) is 12.0. The maximum Gasteiger partial charge on any atom is 0.494 e. The molecule has 0 N–H and O–H groups in total. The van der Waals surface area contributed by atoms with Crippen LogP contribution >= 0.6 is 0 Å². The Morgan fingerprint density at radius 3 is 2.33 bits per heavy atom. The summed E-state index contributed by atoms with van der Waals surface area (Å²) in [5, 5.41) is 0. The van der Waals surface area contributed by atoms with E-state index >= 15 is 0 Å². The predicted octanol–water partition coefficient (Wildman–Crippen LogP) is 2.33. The topological polar surface area (TPSA) is 31.4 Å². The first-order valence-electron chi connectivity index (χ1n) is 6.66. The SMILES string of the molecule is CCCc1cc(B2OC(C)(C)C(C)(C)O2)ccn1. The standard InChI is InChI=1S/C14H22BNO2/c1-6-7-12-10-11(8-9-16-12)15-17-13(2,3)14(4,5)18-15/h8-10H,6-7H2,1-5H3. The minimum Gasteiger partial charge on any atom is -0.399 e. The van der Waals surface area contributed by atoms with E-state index in [0.717, 1.165) is 24.0 Å². The number of aryl methyl sites for hydroxylation is 1. The fourth-order valence-corrected chi connectivity index (χ4v) is 2.02. The van der Waals surface area contributed by atoms with Crippen LogP contribution in [0.5, 0.6) is 0 Å². The molecule has 1 aliphatic heterocycles. The van der Waals surface area contributed by atoms with E-state index in [-0.39, 0.29) is 18.3 Å². The minimum atomic E-state index is -0.286. The molecule has 98 valence electrons. The largest absolute Gasteiger partial charge is 0.494 e. The summed E-state index contributed by atoms with van der Waals surface area (Å²) in [4.78, 5) is 4.36. The van der Waals surface area contributed by atoms with Crippen molar-refractivity contribution in [1.29, 1.82) is 0 Å². The number of hydrogen-bond donors (Lipinski definition) is 0. The maximum atomic E-state index is 6.03. The molecule has 0 saturated carbocycles. The molecule has 0 amide bonds. The van der Waals surface area contributed by atoms with E-state index in [2.05, 4.69) is 45.7 Å². The van der Waals surface area contributed by atoms with Gasteiger partial charge in [0.2, 0.25) is 0 Å². The van der Waals surface area contributed by atoms with Crippen molar-refractivity contribution in [2.75, 3.05) is 0 Å². The molecular weight excluding hydrogens is 225 g/mol. The average Bonchev–Trinajstić information content (AvgIpc) is 2.49. The molecule has 1 aromatic rings. The van der Waals surface area contributed by atoms with Crippen LogP contribution in [0.25, 0.3) is 0 Å². The van der Waals surface area contributed by atoms with E-state index in [1.165, 1.54) is 0 Å². The van der Waals surface area contributed by atoms with Gasteiger partial charge in [0, 0.05) is 11.9 Å². The Bertz CT molecular complexity index is 416. The Morgan fingerprint density at radius 1 is 1.17 bits per heavy atom. The summed E-state index contributed by atoms with van der Waals surface area (Å²) < 4.78 is 12.1. The zero-order chi connectivity index (χ0) is 13.4. The van der Waals surface area contributed by atoms with Crippen molar-refractivity contribution >= 4 is 12.6 Å². The quantitative estimate of drug-likeness (QED) is 0.768. The maximum absolute atomic E-state index is 6.03. The molecule has 0 unspecified atom stereocenters. The molecule has 0 radical (unpaired) electrons. The van der Waals surface area contributed by atoms with Crippen molar-refractivity contribution in [1.82, 2.24) is 4.98 Å². The molecule has 18 heavy (non-hydrogen) atoms. The highest BCUT2D eigenvalue weighted by molar-refractivity contribution is 6.62. The fourth-order valence-electron chi connectivity index (χ4n) is 2.02. The number of nitrogens with zero attached hydrogens (tertiary/aromatic N) is 1. The molecule has 3 nitrogen and oxygen atoms in total. The van der Waals surface area contributed by atoms with Gasteiger partial charge in [0.25, 0.3) is 0 Å². The summed E-state index contributed by atoms with van der Waals surface area (Å²) in [6.45, 7) is 10.4. The third kappa shape index (κ3) is 2.45. The molecule has 2 rings (SSSR count). The number of aromatic nitrogens is 1. The highest BCUT2D eigenvalue weighted by Crippen LogP contribution is 2.36. The molecule has 1 aromatic heterocycles. The Kier molecular flexibility index (Phi) is 3.52. The van der Waals surface area contributed by atoms with Crippen molar-refractivity contribution in [2.24, 2.45) is 0 Å². The van der Waals surface area contributed by atoms with Gasteiger partial charge in [0.05, 0.1) is 11.2 Å². The van der Waals surface area contributed by atoms with Gasteiger partial charge in [-0.1, -0.05) is 13.3 Å². The highest BCUT2D eigenvalue weighted by Gasteiger charge is 2.51. The molecule has 0 aliphatic carbocycles. The Morgan fingerprint density at radius 2 is 1.78 bits per heavy atom. The summed E-state index contributed by atoms with van der Waals surface area (Å²) in [5.74, 6) is 0. The van der Waals surface area contributed by atoms with Gasteiger partial charge in [-0.05, 0) is 51.7 Å². The zero-order valence-electron chi connectivity index (χ0n) is 12.0. The van der Waals surface area contributed by atoms with E-state index in [0.29, 0.717) is 0 Å². The molecule has 1 fully saturated rings. The molecule has 0 aromatic carbocycles. The fraction of sp³-hybridized carbons (Fsp3) is 0.643. The summed E-state index contributed by atoms with van der Waals surface area (Å²) in [6, 6.07) is 4.06. The smallest absolute Gasteiger partial charge is 0.399 e. The lowest BCUT2D eigenvalue weighted by atomic mass is 9.79. The molecule has 1 aliphatic rings. The molecule has 0 atom stereocenters. The lowest BCUT2D eigenvalue weighted by Crippen LogP contribution is -2.41. The summed E-state index contributed by atoms with van der Waals surface area (Å²) in [6.07, 6.45) is 3.93.